The Kier molecular flexibility index (Phi) is 6.21. The molecule has 5 aliphatic rings. The number of hydrogen-bond acceptors (Lipinski definition) is 4. The van der Waals surface area contributed by atoms with Crippen LogP contribution in [0.4, 0.5) is 5.69 Å². The zero-order valence-electron chi connectivity index (χ0n) is 21.2. The van der Waals surface area contributed by atoms with Crippen LogP contribution in [0.2, 0.25) is 0 Å². The fraction of sp³-hybridized carbons (Fsp3) is 0.655. The maximum Gasteiger partial charge on any atom is 0.258 e. The molecular formula is C29H40N4O2. The predicted octanol–water partition coefficient (Wildman–Crippen LogP) is 4.18. The van der Waals surface area contributed by atoms with E-state index in [1.807, 2.05) is 35.0 Å². The van der Waals surface area contributed by atoms with Gasteiger partial charge in [0.1, 0.15) is 0 Å². The number of fused-ring (bicyclic) bond motifs is 1. The lowest BCUT2D eigenvalue weighted by atomic mass is 9.49. The molecule has 0 spiro atoms. The number of aromatic nitrogens is 1. The average Bonchev–Trinajstić information content (AvgIpc) is 2.81. The number of aryl methyl sites for hydroxylation is 1. The van der Waals surface area contributed by atoms with Crippen LogP contribution < -0.4 is 10.9 Å². The van der Waals surface area contributed by atoms with Gasteiger partial charge in [0.15, 0.2) is 0 Å². The molecule has 4 aliphatic carbocycles. The number of carbonyl (C=O) groups excluding carboxylic acids is 1. The SMILES string of the molecule is CN1CCN(CCCn2ccc3c(NC(=O)CC45CC6CC(CC(C6)C4)C5)cccc3c2=O)CC1. The zero-order valence-corrected chi connectivity index (χ0v) is 21.2. The maximum atomic E-state index is 13.2. The van der Waals surface area contributed by atoms with Crippen LogP contribution in [0.3, 0.4) is 0 Å². The molecule has 1 aliphatic heterocycles. The third kappa shape index (κ3) is 4.79. The second-order valence-electron chi connectivity index (χ2n) is 12.2. The summed E-state index contributed by atoms with van der Waals surface area (Å²) in [4.78, 5) is 31.3. The molecule has 35 heavy (non-hydrogen) atoms. The van der Waals surface area contributed by atoms with Crippen molar-refractivity contribution < 1.29 is 4.79 Å². The minimum atomic E-state index is 0.0399. The molecule has 4 bridgehead atoms. The van der Waals surface area contributed by atoms with Crippen molar-refractivity contribution in [1.29, 1.82) is 0 Å². The number of nitrogens with zero attached hydrogens (tertiary/aromatic N) is 3. The van der Waals surface area contributed by atoms with Crippen molar-refractivity contribution in [3.63, 3.8) is 0 Å². The molecular weight excluding hydrogens is 436 g/mol. The van der Waals surface area contributed by atoms with Crippen LogP contribution >= 0.6 is 0 Å². The van der Waals surface area contributed by atoms with E-state index in [1.54, 1.807) is 0 Å². The second kappa shape index (κ2) is 9.36. The third-order valence-electron chi connectivity index (χ3n) is 9.46. The number of likely N-dealkylation sites (N-methyl/N-ethyl adjacent to an activating group) is 1. The summed E-state index contributed by atoms with van der Waals surface area (Å²) in [7, 11) is 2.17. The van der Waals surface area contributed by atoms with Crippen LogP contribution in [-0.4, -0.2) is 60.0 Å². The highest BCUT2D eigenvalue weighted by atomic mass is 16.1. The quantitative estimate of drug-likeness (QED) is 0.651. The lowest BCUT2D eigenvalue weighted by molar-refractivity contribution is -0.124. The minimum absolute atomic E-state index is 0.0399. The molecule has 1 saturated heterocycles. The minimum Gasteiger partial charge on any atom is -0.325 e. The topological polar surface area (TPSA) is 57.6 Å². The summed E-state index contributed by atoms with van der Waals surface area (Å²) in [5, 5.41) is 4.75. The van der Waals surface area contributed by atoms with E-state index in [0.29, 0.717) is 11.8 Å². The Balaban J connectivity index is 1.11. The van der Waals surface area contributed by atoms with Crippen molar-refractivity contribution in [3.05, 3.63) is 40.8 Å². The Morgan fingerprint density at radius 1 is 0.943 bits per heavy atom. The molecule has 2 aromatic rings. The lowest BCUT2D eigenvalue weighted by Gasteiger charge is -2.56. The summed E-state index contributed by atoms with van der Waals surface area (Å²) in [5.41, 5.74) is 1.04. The van der Waals surface area contributed by atoms with Gasteiger partial charge >= 0.3 is 0 Å². The molecule has 6 nitrogen and oxygen atoms in total. The Morgan fingerprint density at radius 3 is 2.31 bits per heavy atom. The Bertz CT molecular complexity index is 1110. The molecule has 4 saturated carbocycles. The summed E-state index contributed by atoms with van der Waals surface area (Å²) < 4.78 is 1.83. The van der Waals surface area contributed by atoms with E-state index in [9.17, 15) is 9.59 Å². The van der Waals surface area contributed by atoms with Gasteiger partial charge in [-0.25, -0.2) is 0 Å². The highest BCUT2D eigenvalue weighted by molar-refractivity contribution is 6.02. The monoisotopic (exact) mass is 476 g/mol. The number of rotatable bonds is 7. The van der Waals surface area contributed by atoms with Crippen LogP contribution in [-0.2, 0) is 11.3 Å². The van der Waals surface area contributed by atoms with Crippen LogP contribution in [0.25, 0.3) is 10.8 Å². The normalized spacial score (nSPS) is 30.7. The first-order chi connectivity index (χ1) is 17.0. The number of nitrogens with one attached hydrogen (secondary N) is 1. The number of pyridine rings is 1. The summed E-state index contributed by atoms with van der Waals surface area (Å²) in [6.45, 7) is 6.20. The predicted molar refractivity (Wildman–Crippen MR) is 141 cm³/mol. The molecule has 6 heteroatoms. The number of hydrogen-bond donors (Lipinski definition) is 1. The summed E-state index contributed by atoms with van der Waals surface area (Å²) in [5.74, 6) is 2.67. The molecule has 1 aromatic carbocycles. The number of anilines is 1. The van der Waals surface area contributed by atoms with Crippen molar-refractivity contribution in [1.82, 2.24) is 14.4 Å². The smallest absolute Gasteiger partial charge is 0.258 e. The number of piperazine rings is 1. The Labute approximate surface area is 208 Å². The summed E-state index contributed by atoms with van der Waals surface area (Å²) in [6, 6.07) is 7.74. The van der Waals surface area contributed by atoms with Crippen molar-refractivity contribution in [2.75, 3.05) is 45.1 Å². The lowest BCUT2D eigenvalue weighted by Crippen LogP contribution is -2.47. The first kappa shape index (κ1) is 23.2. The molecule has 0 atom stereocenters. The van der Waals surface area contributed by atoms with E-state index in [-0.39, 0.29) is 16.9 Å². The number of benzene rings is 1. The van der Waals surface area contributed by atoms with E-state index in [1.165, 1.54) is 38.5 Å². The van der Waals surface area contributed by atoms with Crippen LogP contribution in [0.5, 0.6) is 0 Å². The van der Waals surface area contributed by atoms with Gasteiger partial charge in [-0.1, -0.05) is 6.07 Å². The van der Waals surface area contributed by atoms with E-state index in [4.69, 9.17) is 0 Å². The molecule has 7 rings (SSSR count). The van der Waals surface area contributed by atoms with Gasteiger partial charge < -0.3 is 19.7 Å². The van der Waals surface area contributed by atoms with Gasteiger partial charge in [-0.2, -0.15) is 0 Å². The number of amides is 1. The van der Waals surface area contributed by atoms with Crippen LogP contribution in [0, 0.1) is 23.2 Å². The van der Waals surface area contributed by atoms with E-state index < -0.39 is 0 Å². The van der Waals surface area contributed by atoms with E-state index >= 15 is 0 Å². The Hall–Kier alpha value is -2.18. The fourth-order valence-electron chi connectivity index (χ4n) is 8.18. The molecule has 0 unspecified atom stereocenters. The van der Waals surface area contributed by atoms with Gasteiger partial charge in [-0.05, 0) is 99.9 Å². The van der Waals surface area contributed by atoms with Gasteiger partial charge in [0.2, 0.25) is 5.91 Å². The van der Waals surface area contributed by atoms with E-state index in [0.717, 1.165) is 74.5 Å². The first-order valence-corrected chi connectivity index (χ1v) is 13.8. The maximum absolute atomic E-state index is 13.2. The summed E-state index contributed by atoms with van der Waals surface area (Å²) in [6.07, 6.45) is 11.4. The highest BCUT2D eigenvalue weighted by Crippen LogP contribution is 2.61. The highest BCUT2D eigenvalue weighted by Gasteiger charge is 2.51. The van der Waals surface area contributed by atoms with E-state index in [2.05, 4.69) is 22.2 Å². The standard InChI is InChI=1S/C29H40N4O2/c1-31-10-12-32(13-11-31)7-3-8-33-9-6-24-25(28(33)35)4-2-5-26(24)30-27(34)20-29-17-21-14-22(18-29)16-23(15-21)19-29/h2,4-6,9,21-23H,3,7-8,10-20H2,1H3,(H,30,34). The van der Waals surface area contributed by atoms with Gasteiger partial charge in [-0.3, -0.25) is 9.59 Å². The molecule has 1 N–H and O–H groups in total. The van der Waals surface area contributed by atoms with Gasteiger partial charge in [0.25, 0.3) is 5.56 Å². The van der Waals surface area contributed by atoms with Gasteiger partial charge in [0, 0.05) is 61.8 Å². The second-order valence-corrected chi connectivity index (χ2v) is 12.2. The largest absolute Gasteiger partial charge is 0.325 e. The van der Waals surface area contributed by atoms with Crippen molar-refractivity contribution >= 4 is 22.4 Å². The van der Waals surface area contributed by atoms with Crippen LogP contribution in [0.15, 0.2) is 35.3 Å². The van der Waals surface area contributed by atoms with Gasteiger partial charge in [-0.15, -0.1) is 0 Å². The van der Waals surface area contributed by atoms with Crippen molar-refractivity contribution in [2.45, 2.75) is 57.9 Å². The van der Waals surface area contributed by atoms with Crippen molar-refractivity contribution in [2.24, 2.45) is 23.2 Å². The molecule has 1 aromatic heterocycles. The molecule has 1 amide bonds. The first-order valence-electron chi connectivity index (χ1n) is 13.8. The third-order valence-corrected chi connectivity index (χ3v) is 9.46. The molecule has 0 radical (unpaired) electrons. The molecule has 188 valence electrons. The average molecular weight is 477 g/mol. The van der Waals surface area contributed by atoms with Crippen LogP contribution in [0.1, 0.15) is 51.4 Å². The fourth-order valence-corrected chi connectivity index (χ4v) is 8.18. The molecule has 2 heterocycles. The zero-order chi connectivity index (χ0) is 24.0. The number of carbonyl (C=O) groups is 1. The molecule has 5 fully saturated rings. The Morgan fingerprint density at radius 2 is 1.63 bits per heavy atom. The van der Waals surface area contributed by atoms with Crippen molar-refractivity contribution in [3.8, 4) is 0 Å². The van der Waals surface area contributed by atoms with Gasteiger partial charge in [0.05, 0.1) is 0 Å². The summed E-state index contributed by atoms with van der Waals surface area (Å²) >= 11 is 0.